The summed E-state index contributed by atoms with van der Waals surface area (Å²) < 4.78 is 4.44. The second-order valence-corrected chi connectivity index (χ2v) is 3.76. The molecule has 0 unspecified atom stereocenters. The first kappa shape index (κ1) is 12.3. The van der Waals surface area contributed by atoms with Crippen molar-refractivity contribution in [1.29, 1.82) is 0 Å². The van der Waals surface area contributed by atoms with E-state index < -0.39 is 11.9 Å². The Hall–Kier alpha value is -1.76. The number of anilines is 1. The van der Waals surface area contributed by atoms with Gasteiger partial charge in [-0.15, -0.1) is 0 Å². The van der Waals surface area contributed by atoms with E-state index in [1.165, 1.54) is 19.4 Å². The van der Waals surface area contributed by atoms with Crippen LogP contribution in [0.2, 0.25) is 0 Å². The molecule has 0 spiro atoms. The van der Waals surface area contributed by atoms with Gasteiger partial charge in [0.15, 0.2) is 0 Å². The van der Waals surface area contributed by atoms with Crippen molar-refractivity contribution >= 4 is 29.4 Å². The molecule has 0 bridgehead atoms. The fourth-order valence-electron chi connectivity index (χ4n) is 0.923. The number of methoxy groups -OCH3 is 1. The summed E-state index contributed by atoms with van der Waals surface area (Å²) in [6, 6.07) is 1.30. The van der Waals surface area contributed by atoms with Gasteiger partial charge in [0.1, 0.15) is 5.03 Å². The number of hydrogen-bond donors (Lipinski definition) is 2. The molecule has 1 rings (SSSR count). The van der Waals surface area contributed by atoms with Crippen molar-refractivity contribution < 1.29 is 19.4 Å². The number of hydrogen-bond acceptors (Lipinski definition) is 6. The molecule has 0 amide bonds. The van der Waals surface area contributed by atoms with Crippen LogP contribution in [0.15, 0.2) is 17.3 Å². The lowest BCUT2D eigenvalue weighted by Gasteiger charge is -2.04. The monoisotopic (exact) mass is 242 g/mol. The van der Waals surface area contributed by atoms with E-state index in [4.69, 9.17) is 10.8 Å². The van der Waals surface area contributed by atoms with Crippen molar-refractivity contribution in [2.75, 3.05) is 18.6 Å². The predicted molar refractivity (Wildman–Crippen MR) is 58.3 cm³/mol. The summed E-state index contributed by atoms with van der Waals surface area (Å²) >= 11 is 0.995. The number of pyridine rings is 1. The Kier molecular flexibility index (Phi) is 4.12. The molecule has 0 aromatic carbocycles. The number of aromatic nitrogens is 1. The topological polar surface area (TPSA) is 103 Å². The number of esters is 1. The second kappa shape index (κ2) is 5.36. The highest BCUT2D eigenvalue weighted by atomic mass is 32.2. The van der Waals surface area contributed by atoms with E-state index in [1.54, 1.807) is 0 Å². The predicted octanol–water partition coefficient (Wildman–Crippen LogP) is 0.627. The molecular formula is C9H10N2O4S. The van der Waals surface area contributed by atoms with Gasteiger partial charge in [-0.25, -0.2) is 9.78 Å². The zero-order chi connectivity index (χ0) is 12.1. The van der Waals surface area contributed by atoms with Crippen LogP contribution in [-0.2, 0) is 9.53 Å². The third-order valence-corrected chi connectivity index (χ3v) is 2.64. The summed E-state index contributed by atoms with van der Waals surface area (Å²) in [6.07, 6.45) is 1.34. The summed E-state index contributed by atoms with van der Waals surface area (Å²) in [5.74, 6) is -1.57. The standard InChI is InChI=1S/C9H10N2O4S/c1-15-7(12)4-16-8-6(9(13)14)2-5(10)3-11-8/h2-3H,4,10H2,1H3,(H,13,14). The van der Waals surface area contributed by atoms with Gasteiger partial charge in [-0.1, -0.05) is 11.8 Å². The van der Waals surface area contributed by atoms with Gasteiger partial charge in [-0.3, -0.25) is 4.79 Å². The van der Waals surface area contributed by atoms with E-state index in [0.29, 0.717) is 0 Å². The van der Waals surface area contributed by atoms with Crippen molar-refractivity contribution in [3.63, 3.8) is 0 Å². The minimum atomic E-state index is -1.13. The van der Waals surface area contributed by atoms with Crippen molar-refractivity contribution in [1.82, 2.24) is 4.98 Å². The highest BCUT2D eigenvalue weighted by Crippen LogP contribution is 2.22. The maximum atomic E-state index is 10.9. The van der Waals surface area contributed by atoms with Crippen LogP contribution in [0.5, 0.6) is 0 Å². The van der Waals surface area contributed by atoms with E-state index in [1.807, 2.05) is 0 Å². The number of nitrogens with zero attached hydrogens (tertiary/aromatic N) is 1. The number of nitrogen functional groups attached to an aromatic ring is 1. The SMILES string of the molecule is COC(=O)CSc1ncc(N)cc1C(=O)O. The van der Waals surface area contributed by atoms with E-state index >= 15 is 0 Å². The molecule has 0 saturated heterocycles. The zero-order valence-electron chi connectivity index (χ0n) is 8.47. The molecule has 0 saturated carbocycles. The minimum absolute atomic E-state index is 0.00764. The number of carbonyl (C=O) groups is 2. The van der Waals surface area contributed by atoms with Crippen LogP contribution < -0.4 is 5.73 Å². The Labute approximate surface area is 95.8 Å². The maximum absolute atomic E-state index is 10.9. The molecular weight excluding hydrogens is 232 g/mol. The van der Waals surface area contributed by atoms with Gasteiger partial charge in [0.25, 0.3) is 0 Å². The number of carboxylic acids is 1. The quantitative estimate of drug-likeness (QED) is 0.589. The Morgan fingerprint density at radius 3 is 2.88 bits per heavy atom. The van der Waals surface area contributed by atoms with Crippen molar-refractivity contribution in [2.24, 2.45) is 0 Å². The average molecular weight is 242 g/mol. The number of aromatic carboxylic acids is 1. The lowest BCUT2D eigenvalue weighted by molar-refractivity contribution is -0.137. The Morgan fingerprint density at radius 1 is 1.62 bits per heavy atom. The van der Waals surface area contributed by atoms with Gasteiger partial charge in [-0.05, 0) is 6.07 Å². The van der Waals surface area contributed by atoms with Gasteiger partial charge < -0.3 is 15.6 Å². The Morgan fingerprint density at radius 2 is 2.31 bits per heavy atom. The molecule has 1 aromatic heterocycles. The molecule has 86 valence electrons. The molecule has 1 aromatic rings. The van der Waals surface area contributed by atoms with Crippen LogP contribution in [0.4, 0.5) is 5.69 Å². The molecule has 0 atom stereocenters. The number of ether oxygens (including phenoxy) is 1. The van der Waals surface area contributed by atoms with Crippen LogP contribution >= 0.6 is 11.8 Å². The fraction of sp³-hybridized carbons (Fsp3) is 0.222. The van der Waals surface area contributed by atoms with Crippen molar-refractivity contribution in [2.45, 2.75) is 5.03 Å². The average Bonchev–Trinajstić information content (AvgIpc) is 2.26. The molecule has 1 heterocycles. The molecule has 16 heavy (non-hydrogen) atoms. The number of carbonyl (C=O) groups excluding carboxylic acids is 1. The normalized spacial score (nSPS) is 9.81. The third-order valence-electron chi connectivity index (χ3n) is 1.66. The first-order valence-electron chi connectivity index (χ1n) is 4.23. The van der Waals surface area contributed by atoms with E-state index in [-0.39, 0.29) is 22.0 Å². The first-order chi connectivity index (χ1) is 7.54. The second-order valence-electron chi connectivity index (χ2n) is 2.79. The zero-order valence-corrected chi connectivity index (χ0v) is 9.28. The number of rotatable bonds is 4. The van der Waals surface area contributed by atoms with Crippen LogP contribution in [-0.4, -0.2) is 34.9 Å². The number of carboxylic acid groups (broad SMARTS) is 1. The summed E-state index contributed by atoms with van der Waals surface area (Å²) in [5, 5.41) is 9.13. The number of nitrogens with two attached hydrogens (primary N) is 1. The van der Waals surface area contributed by atoms with Crippen LogP contribution in [0.3, 0.4) is 0 Å². The van der Waals surface area contributed by atoms with Gasteiger partial charge in [-0.2, -0.15) is 0 Å². The molecule has 0 fully saturated rings. The largest absolute Gasteiger partial charge is 0.478 e. The molecule has 7 heteroatoms. The maximum Gasteiger partial charge on any atom is 0.338 e. The van der Waals surface area contributed by atoms with Crippen molar-refractivity contribution in [3.05, 3.63) is 17.8 Å². The molecule has 0 aliphatic rings. The third kappa shape index (κ3) is 3.13. The van der Waals surface area contributed by atoms with Crippen LogP contribution in [0.25, 0.3) is 0 Å². The van der Waals surface area contributed by atoms with Crippen LogP contribution in [0, 0.1) is 0 Å². The smallest absolute Gasteiger partial charge is 0.338 e. The Bertz CT molecular complexity index is 422. The van der Waals surface area contributed by atoms with Gasteiger partial charge in [0, 0.05) is 0 Å². The van der Waals surface area contributed by atoms with E-state index in [2.05, 4.69) is 9.72 Å². The highest BCUT2D eigenvalue weighted by Gasteiger charge is 2.14. The molecule has 0 radical (unpaired) electrons. The summed E-state index contributed by atoms with van der Waals surface area (Å²) in [7, 11) is 1.26. The molecule has 6 nitrogen and oxygen atoms in total. The Balaban J connectivity index is 2.87. The van der Waals surface area contributed by atoms with Crippen molar-refractivity contribution in [3.8, 4) is 0 Å². The highest BCUT2D eigenvalue weighted by molar-refractivity contribution is 8.00. The molecule has 0 aliphatic heterocycles. The first-order valence-corrected chi connectivity index (χ1v) is 5.21. The van der Waals surface area contributed by atoms with Gasteiger partial charge >= 0.3 is 11.9 Å². The summed E-state index contributed by atoms with van der Waals surface area (Å²) in [6.45, 7) is 0. The fourth-order valence-corrected chi connectivity index (χ4v) is 1.72. The summed E-state index contributed by atoms with van der Waals surface area (Å²) in [5.41, 5.74) is 5.66. The lowest BCUT2D eigenvalue weighted by Crippen LogP contribution is -2.07. The lowest BCUT2D eigenvalue weighted by atomic mass is 10.3. The van der Waals surface area contributed by atoms with E-state index in [0.717, 1.165) is 11.8 Å². The molecule has 0 aliphatic carbocycles. The van der Waals surface area contributed by atoms with Gasteiger partial charge in [0.05, 0.1) is 30.3 Å². The van der Waals surface area contributed by atoms with E-state index in [9.17, 15) is 9.59 Å². The number of thioether (sulfide) groups is 1. The van der Waals surface area contributed by atoms with Gasteiger partial charge in [0.2, 0.25) is 0 Å². The molecule has 3 N–H and O–H groups in total. The summed E-state index contributed by atoms with van der Waals surface area (Å²) in [4.78, 5) is 25.6. The van der Waals surface area contributed by atoms with Crippen LogP contribution in [0.1, 0.15) is 10.4 Å². The minimum Gasteiger partial charge on any atom is -0.478 e.